The van der Waals surface area contributed by atoms with Gasteiger partial charge in [0.25, 0.3) is 0 Å². The highest BCUT2D eigenvalue weighted by molar-refractivity contribution is 5.52. The van der Waals surface area contributed by atoms with E-state index in [4.69, 9.17) is 11.5 Å². The van der Waals surface area contributed by atoms with Crippen molar-refractivity contribution >= 4 is 17.3 Å². The molecule has 0 unspecified atom stereocenters. The quantitative estimate of drug-likeness (QED) is 0.547. The third-order valence-corrected chi connectivity index (χ3v) is 1.41. The second-order valence-electron chi connectivity index (χ2n) is 2.21. The molecule has 0 saturated heterocycles. The van der Waals surface area contributed by atoms with Crippen molar-refractivity contribution in [2.45, 2.75) is 0 Å². The first-order valence-corrected chi connectivity index (χ1v) is 3.13. The summed E-state index contributed by atoms with van der Waals surface area (Å²) in [6, 6.07) is 3.31. The smallest absolute Gasteiger partial charge is 0.159 e. The van der Waals surface area contributed by atoms with Crippen LogP contribution >= 0.6 is 0 Å². The number of nitrogen functional groups attached to an aromatic ring is 2. The molecular weight excluding hydrogens is 142 g/mol. The molecule has 5 nitrogen and oxygen atoms in total. The van der Waals surface area contributed by atoms with Gasteiger partial charge in [-0.1, -0.05) is 0 Å². The Morgan fingerprint density at radius 3 is 3.00 bits per heavy atom. The minimum atomic E-state index is 0.413. The molecule has 2 heterocycles. The molecule has 0 aliphatic carbocycles. The molecule has 0 radical (unpaired) electrons. The van der Waals surface area contributed by atoms with E-state index in [2.05, 4.69) is 10.1 Å². The van der Waals surface area contributed by atoms with E-state index in [9.17, 15) is 0 Å². The summed E-state index contributed by atoms with van der Waals surface area (Å²) in [7, 11) is 0. The number of aromatic nitrogens is 3. The Bertz CT molecular complexity index is 391. The van der Waals surface area contributed by atoms with Gasteiger partial charge >= 0.3 is 0 Å². The Kier molecular flexibility index (Phi) is 1.00. The number of hydrogen-bond acceptors (Lipinski definition) is 4. The van der Waals surface area contributed by atoms with Gasteiger partial charge in [0.15, 0.2) is 5.65 Å². The minimum absolute atomic E-state index is 0.413. The van der Waals surface area contributed by atoms with Gasteiger partial charge in [-0.15, -0.1) is 0 Å². The van der Waals surface area contributed by atoms with E-state index in [1.807, 2.05) is 0 Å². The van der Waals surface area contributed by atoms with E-state index >= 15 is 0 Å². The normalized spacial score (nSPS) is 10.5. The Morgan fingerprint density at radius 1 is 1.36 bits per heavy atom. The van der Waals surface area contributed by atoms with Crippen molar-refractivity contribution in [1.29, 1.82) is 0 Å². The molecule has 11 heavy (non-hydrogen) atoms. The molecule has 56 valence electrons. The molecule has 0 saturated carbocycles. The number of nitrogens with zero attached hydrogens (tertiary/aromatic N) is 3. The lowest BCUT2D eigenvalue weighted by molar-refractivity contribution is 0.954. The summed E-state index contributed by atoms with van der Waals surface area (Å²) < 4.78 is 1.52. The molecule has 0 aliphatic heterocycles. The lowest BCUT2D eigenvalue weighted by Gasteiger charge is -1.98. The van der Waals surface area contributed by atoms with E-state index in [-0.39, 0.29) is 0 Å². The first-order valence-electron chi connectivity index (χ1n) is 3.13. The Hall–Kier alpha value is -1.78. The lowest BCUT2D eigenvalue weighted by atomic mass is 10.5. The lowest BCUT2D eigenvalue weighted by Crippen LogP contribution is -2.02. The fourth-order valence-electron chi connectivity index (χ4n) is 0.957. The van der Waals surface area contributed by atoms with Gasteiger partial charge in [-0.25, -0.2) is 4.98 Å². The summed E-state index contributed by atoms with van der Waals surface area (Å²) in [6.45, 7) is 0. The molecule has 0 aromatic carbocycles. The standard InChI is InChI=1S/C6H7N5/c7-4-3-5(8)11-6(10-4)1-2-9-11/h1-3H,8H2,(H2,7,10). The average Bonchev–Trinajstić information content (AvgIpc) is 2.34. The van der Waals surface area contributed by atoms with E-state index in [1.165, 1.54) is 4.52 Å². The van der Waals surface area contributed by atoms with E-state index in [1.54, 1.807) is 18.3 Å². The second-order valence-corrected chi connectivity index (χ2v) is 2.21. The summed E-state index contributed by atoms with van der Waals surface area (Å²) in [4.78, 5) is 3.99. The zero-order chi connectivity index (χ0) is 7.84. The molecule has 2 aromatic heterocycles. The van der Waals surface area contributed by atoms with Gasteiger partial charge in [-0.2, -0.15) is 9.61 Å². The fourth-order valence-corrected chi connectivity index (χ4v) is 0.957. The van der Waals surface area contributed by atoms with Crippen LogP contribution in [-0.2, 0) is 0 Å². The van der Waals surface area contributed by atoms with Gasteiger partial charge in [0.2, 0.25) is 0 Å². The maximum absolute atomic E-state index is 5.58. The fraction of sp³-hybridized carbons (Fsp3) is 0. The van der Waals surface area contributed by atoms with Crippen LogP contribution < -0.4 is 11.5 Å². The Balaban J connectivity index is 2.91. The van der Waals surface area contributed by atoms with Crippen LogP contribution in [0.2, 0.25) is 0 Å². The molecule has 0 spiro atoms. The zero-order valence-corrected chi connectivity index (χ0v) is 5.73. The third-order valence-electron chi connectivity index (χ3n) is 1.41. The number of fused-ring (bicyclic) bond motifs is 1. The van der Waals surface area contributed by atoms with Crippen molar-refractivity contribution in [2.24, 2.45) is 0 Å². The predicted molar refractivity (Wildman–Crippen MR) is 41.8 cm³/mol. The van der Waals surface area contributed by atoms with Crippen LogP contribution in [0.15, 0.2) is 18.3 Å². The molecule has 0 bridgehead atoms. The SMILES string of the molecule is Nc1cc(N)n2nccc2n1. The first kappa shape index (κ1) is 5.96. The first-order chi connectivity index (χ1) is 5.27. The van der Waals surface area contributed by atoms with Crippen molar-refractivity contribution in [3.8, 4) is 0 Å². The van der Waals surface area contributed by atoms with Crippen molar-refractivity contribution in [2.75, 3.05) is 11.5 Å². The van der Waals surface area contributed by atoms with Crippen LogP contribution in [-0.4, -0.2) is 14.6 Å². The highest BCUT2D eigenvalue weighted by Crippen LogP contribution is 2.08. The minimum Gasteiger partial charge on any atom is -0.384 e. The van der Waals surface area contributed by atoms with Crippen molar-refractivity contribution in [1.82, 2.24) is 14.6 Å². The summed E-state index contributed by atoms with van der Waals surface area (Å²) in [5.74, 6) is 0.910. The molecule has 0 aliphatic rings. The number of rotatable bonds is 0. The number of nitrogens with two attached hydrogens (primary N) is 2. The highest BCUT2D eigenvalue weighted by atomic mass is 15.3. The molecule has 5 heteroatoms. The highest BCUT2D eigenvalue weighted by Gasteiger charge is 1.99. The Labute approximate surface area is 62.6 Å². The van der Waals surface area contributed by atoms with Gasteiger partial charge in [0.05, 0.1) is 6.20 Å². The summed E-state index contributed by atoms with van der Waals surface area (Å²) in [5, 5.41) is 3.93. The third kappa shape index (κ3) is 0.778. The van der Waals surface area contributed by atoms with Gasteiger partial charge < -0.3 is 11.5 Å². The predicted octanol–water partition coefficient (Wildman–Crippen LogP) is -0.106. The van der Waals surface area contributed by atoms with Crippen molar-refractivity contribution < 1.29 is 0 Å². The van der Waals surface area contributed by atoms with Gasteiger partial charge in [-0.05, 0) is 0 Å². The average molecular weight is 149 g/mol. The zero-order valence-electron chi connectivity index (χ0n) is 5.73. The summed E-state index contributed by atoms with van der Waals surface area (Å²) >= 11 is 0. The summed E-state index contributed by atoms with van der Waals surface area (Å²) in [5.41, 5.74) is 11.7. The largest absolute Gasteiger partial charge is 0.384 e. The van der Waals surface area contributed by atoms with Crippen LogP contribution in [0.25, 0.3) is 5.65 Å². The molecule has 0 amide bonds. The van der Waals surface area contributed by atoms with Crippen molar-refractivity contribution in [3.05, 3.63) is 18.3 Å². The second kappa shape index (κ2) is 1.85. The van der Waals surface area contributed by atoms with Crippen LogP contribution in [0.1, 0.15) is 0 Å². The topological polar surface area (TPSA) is 82.2 Å². The molecule has 2 rings (SSSR count). The van der Waals surface area contributed by atoms with Crippen LogP contribution in [0.4, 0.5) is 11.6 Å². The van der Waals surface area contributed by atoms with Crippen molar-refractivity contribution in [3.63, 3.8) is 0 Å². The summed E-state index contributed by atoms with van der Waals surface area (Å²) in [6.07, 6.45) is 1.62. The van der Waals surface area contributed by atoms with E-state index < -0.39 is 0 Å². The molecule has 0 fully saturated rings. The van der Waals surface area contributed by atoms with Crippen LogP contribution in [0.5, 0.6) is 0 Å². The molecule has 2 aromatic rings. The maximum atomic E-state index is 5.58. The molecular formula is C6H7N5. The van der Waals surface area contributed by atoms with E-state index in [0.717, 1.165) is 0 Å². The van der Waals surface area contributed by atoms with E-state index in [0.29, 0.717) is 17.3 Å². The number of hydrogen-bond donors (Lipinski definition) is 2. The molecule has 4 N–H and O–H groups in total. The number of anilines is 2. The van der Waals surface area contributed by atoms with Crippen LogP contribution in [0, 0.1) is 0 Å². The monoisotopic (exact) mass is 149 g/mol. The van der Waals surface area contributed by atoms with Gasteiger partial charge in [-0.3, -0.25) is 0 Å². The van der Waals surface area contributed by atoms with Gasteiger partial charge in [0.1, 0.15) is 11.6 Å². The maximum Gasteiger partial charge on any atom is 0.159 e. The van der Waals surface area contributed by atoms with Gasteiger partial charge in [0, 0.05) is 12.1 Å². The molecule has 0 atom stereocenters. The Morgan fingerprint density at radius 2 is 2.18 bits per heavy atom. The van der Waals surface area contributed by atoms with Crippen LogP contribution in [0.3, 0.4) is 0 Å².